The van der Waals surface area contributed by atoms with Crippen LogP contribution in [0, 0.1) is 11.3 Å². The van der Waals surface area contributed by atoms with Crippen LogP contribution in [-0.2, 0) is 6.18 Å². The molecule has 0 atom stereocenters. The Morgan fingerprint density at radius 1 is 1.14 bits per heavy atom. The van der Waals surface area contributed by atoms with E-state index in [4.69, 9.17) is 23.2 Å². The Balaban J connectivity index is 1.86. The fourth-order valence-electron chi connectivity index (χ4n) is 2.16. The Morgan fingerprint density at radius 2 is 1.86 bits per heavy atom. The SMILES string of the molecule is N#CC(=NNc1cc(C(F)(F)F)ccc1Cl)c1nc(-c2ccc(Cl)cc2)cs1. The summed E-state index contributed by atoms with van der Waals surface area (Å²) < 4.78 is 38.5. The predicted octanol–water partition coefficient (Wildman–Crippen LogP) is 6.48. The van der Waals surface area contributed by atoms with E-state index in [-0.39, 0.29) is 16.4 Å². The average Bonchev–Trinajstić information content (AvgIpc) is 3.13. The van der Waals surface area contributed by atoms with Gasteiger partial charge >= 0.3 is 6.18 Å². The van der Waals surface area contributed by atoms with Crippen molar-refractivity contribution in [1.82, 2.24) is 4.98 Å². The molecular formula is C18H9Cl2F3N4S. The third kappa shape index (κ3) is 4.62. The van der Waals surface area contributed by atoms with Gasteiger partial charge in [-0.05, 0) is 30.3 Å². The number of alkyl halides is 3. The highest BCUT2D eigenvalue weighted by molar-refractivity contribution is 7.12. The van der Waals surface area contributed by atoms with Crippen molar-refractivity contribution in [2.45, 2.75) is 6.18 Å². The van der Waals surface area contributed by atoms with Crippen molar-refractivity contribution >= 4 is 45.9 Å². The topological polar surface area (TPSA) is 61.1 Å². The summed E-state index contributed by atoms with van der Waals surface area (Å²) in [5.41, 5.74) is 2.80. The fraction of sp³-hybridized carbons (Fsp3) is 0.0556. The molecule has 0 fully saturated rings. The van der Waals surface area contributed by atoms with Crippen LogP contribution in [0.25, 0.3) is 11.3 Å². The highest BCUT2D eigenvalue weighted by Gasteiger charge is 2.31. The zero-order chi connectivity index (χ0) is 20.3. The highest BCUT2D eigenvalue weighted by atomic mass is 35.5. The van der Waals surface area contributed by atoms with Gasteiger partial charge in [0.05, 0.1) is 22.0 Å². The molecule has 0 aliphatic rings. The minimum atomic E-state index is -4.52. The van der Waals surface area contributed by atoms with E-state index in [1.54, 1.807) is 29.6 Å². The summed E-state index contributed by atoms with van der Waals surface area (Å²) in [4.78, 5) is 4.34. The van der Waals surface area contributed by atoms with Crippen LogP contribution in [0.3, 0.4) is 0 Å². The van der Waals surface area contributed by atoms with Gasteiger partial charge < -0.3 is 0 Å². The standard InChI is InChI=1S/C18H9Cl2F3N4S/c19-12-4-1-10(2-5-12)16-9-28-17(25-16)15(8-24)27-26-14-7-11(18(21,22)23)3-6-13(14)20/h1-7,9,26H. The monoisotopic (exact) mass is 440 g/mol. The van der Waals surface area contributed by atoms with Crippen molar-refractivity contribution < 1.29 is 13.2 Å². The first-order valence-corrected chi connectivity index (χ1v) is 9.24. The van der Waals surface area contributed by atoms with Crippen LogP contribution in [0.1, 0.15) is 10.6 Å². The van der Waals surface area contributed by atoms with E-state index in [0.29, 0.717) is 15.7 Å². The van der Waals surface area contributed by atoms with E-state index >= 15 is 0 Å². The summed E-state index contributed by atoms with van der Waals surface area (Å²) in [6, 6.07) is 11.7. The van der Waals surface area contributed by atoms with Gasteiger partial charge in [-0.25, -0.2) is 4.98 Å². The lowest BCUT2D eigenvalue weighted by molar-refractivity contribution is -0.137. The zero-order valence-corrected chi connectivity index (χ0v) is 16.1. The molecule has 0 bridgehead atoms. The van der Waals surface area contributed by atoms with Crippen LogP contribution in [0.2, 0.25) is 10.0 Å². The summed E-state index contributed by atoms with van der Waals surface area (Å²) in [5.74, 6) is 0. The number of nitriles is 1. The highest BCUT2D eigenvalue weighted by Crippen LogP contribution is 2.34. The molecule has 0 unspecified atom stereocenters. The Morgan fingerprint density at radius 3 is 2.50 bits per heavy atom. The summed E-state index contributed by atoms with van der Waals surface area (Å²) in [6.07, 6.45) is -4.52. The number of halogens is 5. The quantitative estimate of drug-likeness (QED) is 0.373. The van der Waals surface area contributed by atoms with E-state index in [1.807, 2.05) is 6.07 Å². The molecule has 3 aromatic rings. The van der Waals surface area contributed by atoms with E-state index < -0.39 is 11.7 Å². The minimum absolute atomic E-state index is 0.0371. The van der Waals surface area contributed by atoms with Gasteiger partial charge in [-0.3, -0.25) is 5.43 Å². The molecular weight excluding hydrogens is 432 g/mol. The normalized spacial score (nSPS) is 11.9. The van der Waals surface area contributed by atoms with Gasteiger partial charge in [0.1, 0.15) is 6.07 Å². The molecule has 0 aliphatic heterocycles. The second-order valence-electron chi connectivity index (χ2n) is 5.42. The molecule has 0 radical (unpaired) electrons. The molecule has 0 saturated heterocycles. The maximum absolute atomic E-state index is 12.8. The summed E-state index contributed by atoms with van der Waals surface area (Å²) in [6.45, 7) is 0. The van der Waals surface area contributed by atoms with Crippen molar-refractivity contribution in [3.8, 4) is 17.3 Å². The number of rotatable bonds is 4. The minimum Gasteiger partial charge on any atom is -0.276 e. The van der Waals surface area contributed by atoms with E-state index in [0.717, 1.165) is 23.8 Å². The molecule has 0 amide bonds. The lowest BCUT2D eigenvalue weighted by Crippen LogP contribution is -2.06. The number of nitrogens with zero attached hydrogens (tertiary/aromatic N) is 3. The van der Waals surface area contributed by atoms with Crippen LogP contribution >= 0.6 is 34.5 Å². The zero-order valence-electron chi connectivity index (χ0n) is 13.8. The molecule has 1 heterocycles. The fourth-order valence-corrected chi connectivity index (χ4v) is 3.21. The number of hydrazone groups is 1. The Hall–Kier alpha value is -2.60. The van der Waals surface area contributed by atoms with Gasteiger partial charge in [0.25, 0.3) is 0 Å². The van der Waals surface area contributed by atoms with Crippen molar-refractivity contribution in [1.29, 1.82) is 5.26 Å². The first-order chi connectivity index (χ1) is 13.3. The molecule has 1 aromatic heterocycles. The van der Waals surface area contributed by atoms with Crippen molar-refractivity contribution in [2.75, 3.05) is 5.43 Å². The van der Waals surface area contributed by atoms with Gasteiger partial charge in [0.2, 0.25) is 0 Å². The smallest absolute Gasteiger partial charge is 0.276 e. The summed E-state index contributed by atoms with van der Waals surface area (Å²) in [5, 5.41) is 15.9. The van der Waals surface area contributed by atoms with Gasteiger partial charge in [-0.15, -0.1) is 11.3 Å². The third-order valence-electron chi connectivity index (χ3n) is 3.53. The molecule has 2 aromatic carbocycles. The maximum Gasteiger partial charge on any atom is 0.416 e. The Bertz CT molecular complexity index is 1070. The lowest BCUT2D eigenvalue weighted by atomic mass is 10.2. The second-order valence-corrected chi connectivity index (χ2v) is 7.12. The average molecular weight is 441 g/mol. The molecule has 142 valence electrons. The lowest BCUT2D eigenvalue weighted by Gasteiger charge is -2.10. The molecule has 0 aliphatic carbocycles. The van der Waals surface area contributed by atoms with Gasteiger partial charge in [-0.2, -0.15) is 23.5 Å². The Kier molecular flexibility index (Phi) is 5.89. The van der Waals surface area contributed by atoms with E-state index in [2.05, 4.69) is 15.5 Å². The van der Waals surface area contributed by atoms with Crippen molar-refractivity contribution in [3.05, 3.63) is 68.5 Å². The van der Waals surface area contributed by atoms with Crippen LogP contribution in [0.5, 0.6) is 0 Å². The number of thiazole rings is 1. The van der Waals surface area contributed by atoms with Crippen LogP contribution in [0.4, 0.5) is 18.9 Å². The molecule has 3 rings (SSSR count). The number of benzene rings is 2. The molecule has 4 nitrogen and oxygen atoms in total. The maximum atomic E-state index is 12.8. The van der Waals surface area contributed by atoms with Crippen LogP contribution in [0.15, 0.2) is 52.9 Å². The van der Waals surface area contributed by atoms with Crippen LogP contribution in [-0.4, -0.2) is 10.7 Å². The van der Waals surface area contributed by atoms with Crippen LogP contribution < -0.4 is 5.43 Å². The molecule has 10 heteroatoms. The van der Waals surface area contributed by atoms with Crippen molar-refractivity contribution in [2.24, 2.45) is 5.10 Å². The summed E-state index contributed by atoms with van der Waals surface area (Å²) in [7, 11) is 0. The summed E-state index contributed by atoms with van der Waals surface area (Å²) >= 11 is 12.9. The number of hydrogen-bond donors (Lipinski definition) is 1. The molecule has 0 spiro atoms. The predicted molar refractivity (Wildman–Crippen MR) is 105 cm³/mol. The molecule has 1 N–H and O–H groups in total. The first kappa shape index (κ1) is 20.1. The van der Waals surface area contributed by atoms with Gasteiger partial charge in [0.15, 0.2) is 10.7 Å². The number of hydrogen-bond acceptors (Lipinski definition) is 5. The van der Waals surface area contributed by atoms with Gasteiger partial charge in [0, 0.05) is 16.0 Å². The largest absolute Gasteiger partial charge is 0.416 e. The number of anilines is 1. The molecule has 0 saturated carbocycles. The van der Waals surface area contributed by atoms with Crippen molar-refractivity contribution in [3.63, 3.8) is 0 Å². The third-order valence-corrected chi connectivity index (χ3v) is 4.97. The van der Waals surface area contributed by atoms with E-state index in [9.17, 15) is 18.4 Å². The van der Waals surface area contributed by atoms with E-state index in [1.165, 1.54) is 11.3 Å². The first-order valence-electron chi connectivity index (χ1n) is 7.60. The van der Waals surface area contributed by atoms with Gasteiger partial charge in [-0.1, -0.05) is 35.3 Å². The number of nitrogens with one attached hydrogen (secondary N) is 1. The Labute approximate surface area is 171 Å². The second kappa shape index (κ2) is 8.19. The number of aromatic nitrogens is 1. The molecule has 28 heavy (non-hydrogen) atoms.